The van der Waals surface area contributed by atoms with Crippen molar-refractivity contribution >= 4 is 22.5 Å². The lowest BCUT2D eigenvalue weighted by Gasteiger charge is -2.27. The number of carbonyl (C=O) groups is 1. The monoisotopic (exact) mass is 270 g/mol. The molecule has 1 amide bonds. The van der Waals surface area contributed by atoms with E-state index in [1.54, 1.807) is 6.20 Å². The molecule has 0 radical (unpaired) electrons. The van der Waals surface area contributed by atoms with Gasteiger partial charge in [-0.15, -0.1) is 0 Å². The Morgan fingerprint density at radius 3 is 3.00 bits per heavy atom. The van der Waals surface area contributed by atoms with E-state index < -0.39 is 0 Å². The van der Waals surface area contributed by atoms with E-state index in [-0.39, 0.29) is 17.9 Å². The van der Waals surface area contributed by atoms with Gasteiger partial charge in [-0.1, -0.05) is 0 Å². The number of benzene rings is 1. The summed E-state index contributed by atoms with van der Waals surface area (Å²) < 4.78 is 0. The van der Waals surface area contributed by atoms with Crippen LogP contribution < -0.4 is 11.1 Å². The summed E-state index contributed by atoms with van der Waals surface area (Å²) >= 11 is 0. The number of nitrogens with two attached hydrogens (primary N) is 1. The maximum atomic E-state index is 12.5. The van der Waals surface area contributed by atoms with Crippen LogP contribution in [0.3, 0.4) is 0 Å². The molecule has 5 nitrogen and oxygen atoms in total. The number of carbonyl (C=O) groups excluding carboxylic acids is 1. The van der Waals surface area contributed by atoms with E-state index in [4.69, 9.17) is 5.73 Å². The van der Waals surface area contributed by atoms with Gasteiger partial charge in [-0.2, -0.15) is 5.10 Å². The first-order valence-corrected chi connectivity index (χ1v) is 7.22. The number of nitrogens with one attached hydrogen (secondary N) is 2. The van der Waals surface area contributed by atoms with E-state index in [9.17, 15) is 4.79 Å². The fraction of sp³-hybridized carbons (Fsp3) is 0.467. The number of hydrogen-bond acceptors (Lipinski definition) is 3. The molecule has 4 atom stereocenters. The minimum Gasteiger partial charge on any atom is -0.327 e. The molecule has 2 aliphatic carbocycles. The third-order valence-electron chi connectivity index (χ3n) is 4.99. The number of anilines is 1. The maximum absolute atomic E-state index is 12.5. The molecule has 5 heteroatoms. The van der Waals surface area contributed by atoms with E-state index >= 15 is 0 Å². The van der Waals surface area contributed by atoms with Crippen LogP contribution in [0.15, 0.2) is 24.4 Å². The number of H-pyrrole nitrogens is 1. The van der Waals surface area contributed by atoms with Crippen LogP contribution in [0.25, 0.3) is 10.9 Å². The summed E-state index contributed by atoms with van der Waals surface area (Å²) in [6.45, 7) is 0. The lowest BCUT2D eigenvalue weighted by atomic mass is 9.84. The van der Waals surface area contributed by atoms with Gasteiger partial charge in [0.15, 0.2) is 0 Å². The largest absolute Gasteiger partial charge is 0.327 e. The molecule has 4 N–H and O–H groups in total. The summed E-state index contributed by atoms with van der Waals surface area (Å²) in [5.74, 6) is 1.08. The van der Waals surface area contributed by atoms with Crippen LogP contribution in [0.4, 0.5) is 5.69 Å². The molecule has 0 spiro atoms. The number of aromatic amines is 1. The Morgan fingerprint density at radius 2 is 2.20 bits per heavy atom. The molecular weight excluding hydrogens is 252 g/mol. The highest BCUT2D eigenvalue weighted by Gasteiger charge is 2.49. The Kier molecular flexibility index (Phi) is 2.57. The van der Waals surface area contributed by atoms with Crippen molar-refractivity contribution in [2.45, 2.75) is 25.3 Å². The molecule has 0 saturated heterocycles. The molecule has 4 rings (SSSR count). The molecule has 104 valence electrons. The van der Waals surface area contributed by atoms with Gasteiger partial charge in [0.25, 0.3) is 0 Å². The van der Waals surface area contributed by atoms with E-state index in [2.05, 4.69) is 15.5 Å². The predicted molar refractivity (Wildman–Crippen MR) is 77.0 cm³/mol. The SMILES string of the molecule is NC1C2CCC(C2)C1C(=O)Nc1ccc2[nH]ncc2c1. The minimum atomic E-state index is -0.0196. The third kappa shape index (κ3) is 1.73. The van der Waals surface area contributed by atoms with Crippen molar-refractivity contribution in [2.75, 3.05) is 5.32 Å². The Bertz CT molecular complexity index is 663. The number of hydrogen-bond donors (Lipinski definition) is 3. The number of amides is 1. The number of aromatic nitrogens is 2. The summed E-state index contributed by atoms with van der Waals surface area (Å²) in [6, 6.07) is 5.80. The van der Waals surface area contributed by atoms with Crippen molar-refractivity contribution in [3.8, 4) is 0 Å². The van der Waals surface area contributed by atoms with Gasteiger partial charge in [-0.25, -0.2) is 0 Å². The molecule has 4 unspecified atom stereocenters. The zero-order valence-electron chi connectivity index (χ0n) is 11.2. The normalized spacial score (nSPS) is 31.9. The van der Waals surface area contributed by atoms with Crippen LogP contribution in [-0.2, 0) is 4.79 Å². The van der Waals surface area contributed by atoms with Crippen molar-refractivity contribution < 1.29 is 4.79 Å². The van der Waals surface area contributed by atoms with E-state index in [1.807, 2.05) is 18.2 Å². The average molecular weight is 270 g/mol. The highest BCUT2D eigenvalue weighted by atomic mass is 16.2. The quantitative estimate of drug-likeness (QED) is 0.779. The molecule has 2 saturated carbocycles. The van der Waals surface area contributed by atoms with Crippen LogP contribution in [0.2, 0.25) is 0 Å². The minimum absolute atomic E-state index is 0.0196. The van der Waals surface area contributed by atoms with Gasteiger partial charge < -0.3 is 11.1 Å². The molecule has 2 fully saturated rings. The average Bonchev–Trinajstić information content (AvgIpc) is 3.12. The summed E-state index contributed by atoms with van der Waals surface area (Å²) in [4.78, 5) is 12.5. The highest BCUT2D eigenvalue weighted by molar-refractivity contribution is 5.95. The second-order valence-corrected chi connectivity index (χ2v) is 6.10. The lowest BCUT2D eigenvalue weighted by molar-refractivity contribution is -0.121. The zero-order chi connectivity index (χ0) is 13.7. The first-order valence-electron chi connectivity index (χ1n) is 7.22. The number of nitrogens with zero attached hydrogens (tertiary/aromatic N) is 1. The zero-order valence-corrected chi connectivity index (χ0v) is 11.2. The van der Waals surface area contributed by atoms with Crippen molar-refractivity contribution in [1.82, 2.24) is 10.2 Å². The predicted octanol–water partition coefficient (Wildman–Crippen LogP) is 1.87. The van der Waals surface area contributed by atoms with Crippen molar-refractivity contribution in [3.63, 3.8) is 0 Å². The van der Waals surface area contributed by atoms with E-state index in [1.165, 1.54) is 6.42 Å². The molecule has 1 heterocycles. The summed E-state index contributed by atoms with van der Waals surface area (Å²) in [7, 11) is 0. The summed E-state index contributed by atoms with van der Waals surface area (Å²) in [6.07, 6.45) is 5.22. The Balaban J connectivity index is 1.54. The lowest BCUT2D eigenvalue weighted by Crippen LogP contribution is -2.42. The molecular formula is C15H18N4O. The van der Waals surface area contributed by atoms with Crippen molar-refractivity contribution in [2.24, 2.45) is 23.5 Å². The summed E-state index contributed by atoms with van der Waals surface area (Å²) in [5.41, 5.74) is 8.01. The van der Waals surface area contributed by atoms with Crippen LogP contribution in [-0.4, -0.2) is 22.1 Å². The summed E-state index contributed by atoms with van der Waals surface area (Å²) in [5, 5.41) is 10.9. The van der Waals surface area contributed by atoms with Gasteiger partial charge in [0, 0.05) is 17.1 Å². The Hall–Kier alpha value is -1.88. The second-order valence-electron chi connectivity index (χ2n) is 6.10. The van der Waals surface area contributed by atoms with Gasteiger partial charge in [0.1, 0.15) is 0 Å². The molecule has 2 bridgehead atoms. The van der Waals surface area contributed by atoms with Gasteiger partial charge in [0.05, 0.1) is 17.6 Å². The molecule has 2 aliphatic rings. The molecule has 2 aromatic rings. The van der Waals surface area contributed by atoms with Gasteiger partial charge in [-0.3, -0.25) is 9.89 Å². The number of rotatable bonds is 2. The third-order valence-corrected chi connectivity index (χ3v) is 4.99. The van der Waals surface area contributed by atoms with Crippen LogP contribution in [0.1, 0.15) is 19.3 Å². The van der Waals surface area contributed by atoms with Gasteiger partial charge in [0.2, 0.25) is 5.91 Å². The second kappa shape index (κ2) is 4.31. The first kappa shape index (κ1) is 11.9. The van der Waals surface area contributed by atoms with Crippen molar-refractivity contribution in [3.05, 3.63) is 24.4 Å². The van der Waals surface area contributed by atoms with Crippen LogP contribution in [0, 0.1) is 17.8 Å². The van der Waals surface area contributed by atoms with E-state index in [0.717, 1.165) is 29.4 Å². The smallest absolute Gasteiger partial charge is 0.229 e. The topological polar surface area (TPSA) is 83.8 Å². The fourth-order valence-electron chi connectivity index (χ4n) is 3.97. The molecule has 1 aromatic heterocycles. The maximum Gasteiger partial charge on any atom is 0.229 e. The molecule has 20 heavy (non-hydrogen) atoms. The van der Waals surface area contributed by atoms with Crippen LogP contribution >= 0.6 is 0 Å². The fourth-order valence-corrected chi connectivity index (χ4v) is 3.97. The standard InChI is InChI=1S/C15H18N4O/c16-14-9-2-1-8(5-9)13(14)15(20)18-11-3-4-12-10(6-11)7-17-19-12/h3-4,6-9,13-14H,1-2,5,16H2,(H,17,19)(H,18,20). The number of fused-ring (bicyclic) bond motifs is 3. The molecule has 1 aromatic carbocycles. The Labute approximate surface area is 116 Å². The van der Waals surface area contributed by atoms with Gasteiger partial charge >= 0.3 is 0 Å². The van der Waals surface area contributed by atoms with E-state index in [0.29, 0.717) is 11.8 Å². The Morgan fingerprint density at radius 1 is 1.35 bits per heavy atom. The first-order chi connectivity index (χ1) is 9.72. The van der Waals surface area contributed by atoms with Gasteiger partial charge in [-0.05, 0) is 49.3 Å². The van der Waals surface area contributed by atoms with Crippen LogP contribution in [0.5, 0.6) is 0 Å². The van der Waals surface area contributed by atoms with Crippen molar-refractivity contribution in [1.29, 1.82) is 0 Å². The molecule has 0 aliphatic heterocycles. The highest BCUT2D eigenvalue weighted by Crippen LogP contribution is 2.47.